The molecular weight excluding hydrogens is 452 g/mol. The number of hydrogen-bond acceptors (Lipinski definition) is 4. The largest absolute Gasteiger partial charge is 0.324 e. The lowest BCUT2D eigenvalue weighted by molar-refractivity contribution is -0.113. The van der Waals surface area contributed by atoms with E-state index < -0.39 is 5.82 Å². The smallest absolute Gasteiger partial charge is 0.234 e. The van der Waals surface area contributed by atoms with Crippen LogP contribution in [0, 0.1) is 5.82 Å². The van der Waals surface area contributed by atoms with Crippen molar-refractivity contribution < 1.29 is 14.0 Å². The highest BCUT2D eigenvalue weighted by Crippen LogP contribution is 2.36. The molecule has 0 atom stereocenters. The van der Waals surface area contributed by atoms with Gasteiger partial charge in [0.2, 0.25) is 5.91 Å². The van der Waals surface area contributed by atoms with Gasteiger partial charge in [-0.3, -0.25) is 9.59 Å². The normalized spacial score (nSPS) is 10.8. The lowest BCUT2D eigenvalue weighted by atomic mass is 10.2. The Morgan fingerprint density at radius 3 is 2.52 bits per heavy atom. The number of ketones is 1. The monoisotopic (exact) mass is 467 g/mol. The molecule has 1 N–H and O–H groups in total. The molecule has 8 heteroatoms. The van der Waals surface area contributed by atoms with E-state index in [1.54, 1.807) is 24.3 Å². The third-order valence-corrected chi connectivity index (χ3v) is 6.85. The number of carbonyl (C=O) groups excluding carboxylic acids is 2. The summed E-state index contributed by atoms with van der Waals surface area (Å²) in [5, 5.41) is 3.74. The number of anilines is 1. The quantitative estimate of drug-likeness (QED) is 0.382. The Balaban J connectivity index is 1.68. The van der Waals surface area contributed by atoms with Crippen LogP contribution in [-0.4, -0.2) is 17.4 Å². The molecule has 0 aliphatic carbocycles. The van der Waals surface area contributed by atoms with Gasteiger partial charge in [0, 0.05) is 33.2 Å². The first-order valence-electron chi connectivity index (χ1n) is 8.56. The van der Waals surface area contributed by atoms with Crippen LogP contribution in [-0.2, 0) is 10.5 Å². The number of benzene rings is 2. The van der Waals surface area contributed by atoms with E-state index in [9.17, 15) is 14.0 Å². The topological polar surface area (TPSA) is 46.2 Å². The second-order valence-electron chi connectivity index (χ2n) is 6.16. The van der Waals surface area contributed by atoms with Gasteiger partial charge in [-0.05, 0) is 35.9 Å². The van der Waals surface area contributed by atoms with Crippen LogP contribution in [0.25, 0.3) is 10.4 Å². The summed E-state index contributed by atoms with van der Waals surface area (Å²) in [4.78, 5) is 25.7. The molecule has 3 nitrogen and oxygen atoms in total. The minimum atomic E-state index is -0.394. The lowest BCUT2D eigenvalue weighted by Gasteiger charge is -2.07. The number of nitrogens with one attached hydrogen (secondary N) is 1. The van der Waals surface area contributed by atoms with Crippen molar-refractivity contribution in [3.05, 3.63) is 74.8 Å². The average molecular weight is 468 g/mol. The molecule has 1 heterocycles. The van der Waals surface area contributed by atoms with Crippen LogP contribution < -0.4 is 5.32 Å². The van der Waals surface area contributed by atoms with Crippen molar-refractivity contribution in [3.63, 3.8) is 0 Å². The predicted octanol–water partition coefficient (Wildman–Crippen LogP) is 6.94. The van der Waals surface area contributed by atoms with E-state index in [0.29, 0.717) is 26.2 Å². The summed E-state index contributed by atoms with van der Waals surface area (Å²) in [6.45, 7) is 1.46. The summed E-state index contributed by atoms with van der Waals surface area (Å²) in [6.07, 6.45) is 0. The summed E-state index contributed by atoms with van der Waals surface area (Å²) in [7, 11) is 0. The average Bonchev–Trinajstić information content (AvgIpc) is 3.08. The molecule has 0 bridgehead atoms. The maximum Gasteiger partial charge on any atom is 0.234 e. The third kappa shape index (κ3) is 5.60. The molecule has 2 aromatic carbocycles. The molecule has 0 radical (unpaired) electrons. The predicted molar refractivity (Wildman–Crippen MR) is 121 cm³/mol. The minimum Gasteiger partial charge on any atom is -0.324 e. The third-order valence-electron chi connectivity index (χ3n) is 4.00. The lowest BCUT2D eigenvalue weighted by Crippen LogP contribution is -2.15. The first kappa shape index (κ1) is 21.8. The number of thioether (sulfide) groups is 1. The van der Waals surface area contributed by atoms with Gasteiger partial charge < -0.3 is 5.32 Å². The SMILES string of the molecule is CC(=O)c1sc(-c2ccc(Cl)cc2)cc1NC(=O)CSCc1c(F)cccc1Cl. The van der Waals surface area contributed by atoms with Gasteiger partial charge in [0.1, 0.15) is 5.82 Å². The van der Waals surface area contributed by atoms with E-state index in [0.717, 1.165) is 10.4 Å². The number of amides is 1. The zero-order valence-electron chi connectivity index (χ0n) is 15.3. The molecule has 3 aromatic rings. The van der Waals surface area contributed by atoms with Crippen molar-refractivity contribution in [1.82, 2.24) is 0 Å². The van der Waals surface area contributed by atoms with Crippen LogP contribution in [0.1, 0.15) is 22.2 Å². The van der Waals surface area contributed by atoms with Gasteiger partial charge >= 0.3 is 0 Å². The fourth-order valence-corrected chi connectivity index (χ4v) is 4.91. The van der Waals surface area contributed by atoms with Crippen LogP contribution in [0.3, 0.4) is 0 Å². The number of hydrogen-bond donors (Lipinski definition) is 1. The molecular formula is C21H16Cl2FNO2S2. The molecule has 0 saturated carbocycles. The molecule has 0 aliphatic heterocycles. The Morgan fingerprint density at radius 2 is 1.86 bits per heavy atom. The van der Waals surface area contributed by atoms with Gasteiger partial charge in [-0.25, -0.2) is 4.39 Å². The Hall–Kier alpha value is -1.86. The van der Waals surface area contributed by atoms with Crippen molar-refractivity contribution in [2.45, 2.75) is 12.7 Å². The fraction of sp³-hybridized carbons (Fsp3) is 0.143. The van der Waals surface area contributed by atoms with Crippen molar-refractivity contribution in [1.29, 1.82) is 0 Å². The molecule has 150 valence electrons. The van der Waals surface area contributed by atoms with Crippen LogP contribution >= 0.6 is 46.3 Å². The number of halogens is 3. The van der Waals surface area contributed by atoms with E-state index in [4.69, 9.17) is 23.2 Å². The van der Waals surface area contributed by atoms with Gasteiger partial charge in [0.25, 0.3) is 0 Å². The summed E-state index contributed by atoms with van der Waals surface area (Å²) in [5.41, 5.74) is 1.75. The Kier molecular flexibility index (Phi) is 7.35. The maximum absolute atomic E-state index is 13.8. The van der Waals surface area contributed by atoms with E-state index in [-0.39, 0.29) is 23.2 Å². The second-order valence-corrected chi connectivity index (χ2v) is 9.04. The summed E-state index contributed by atoms with van der Waals surface area (Å²) >= 11 is 14.5. The highest BCUT2D eigenvalue weighted by molar-refractivity contribution is 7.99. The Bertz CT molecular complexity index is 1030. The molecule has 0 spiro atoms. The van der Waals surface area contributed by atoms with Crippen molar-refractivity contribution in [2.24, 2.45) is 0 Å². The van der Waals surface area contributed by atoms with Crippen molar-refractivity contribution in [2.75, 3.05) is 11.1 Å². The molecule has 1 amide bonds. The molecule has 0 fully saturated rings. The fourth-order valence-electron chi connectivity index (χ4n) is 2.60. The van der Waals surface area contributed by atoms with E-state index in [2.05, 4.69) is 5.32 Å². The zero-order valence-corrected chi connectivity index (χ0v) is 18.4. The number of rotatable bonds is 7. The standard InChI is InChI=1S/C21H16Cl2FNO2S2/c1-12(26)21-18(9-19(29-21)13-5-7-14(22)8-6-13)25-20(27)11-28-10-15-16(23)3-2-4-17(15)24/h2-9H,10-11H2,1H3,(H,25,27). The van der Waals surface area contributed by atoms with Gasteiger partial charge in [0.15, 0.2) is 5.78 Å². The van der Waals surface area contributed by atoms with Gasteiger partial charge in [0.05, 0.1) is 16.3 Å². The highest BCUT2D eigenvalue weighted by atomic mass is 35.5. The van der Waals surface area contributed by atoms with Gasteiger partial charge in [-0.15, -0.1) is 23.1 Å². The minimum absolute atomic E-state index is 0.105. The summed E-state index contributed by atoms with van der Waals surface area (Å²) < 4.78 is 13.8. The van der Waals surface area contributed by atoms with Crippen LogP contribution in [0.2, 0.25) is 10.0 Å². The Morgan fingerprint density at radius 1 is 1.14 bits per heavy atom. The first-order chi connectivity index (χ1) is 13.8. The highest BCUT2D eigenvalue weighted by Gasteiger charge is 2.17. The molecule has 29 heavy (non-hydrogen) atoms. The molecule has 1 aromatic heterocycles. The summed E-state index contributed by atoms with van der Waals surface area (Å²) in [5.74, 6) is -0.414. The number of carbonyl (C=O) groups is 2. The van der Waals surface area contributed by atoms with E-state index >= 15 is 0 Å². The first-order valence-corrected chi connectivity index (χ1v) is 11.3. The number of thiophene rings is 1. The molecule has 3 rings (SSSR count). The van der Waals surface area contributed by atoms with Crippen LogP contribution in [0.4, 0.5) is 10.1 Å². The molecule has 0 unspecified atom stereocenters. The molecule has 0 aliphatic rings. The molecule has 0 saturated heterocycles. The van der Waals surface area contributed by atoms with Crippen LogP contribution in [0.15, 0.2) is 48.5 Å². The van der Waals surface area contributed by atoms with E-state index in [1.165, 1.54) is 42.2 Å². The maximum atomic E-state index is 13.8. The Labute approximate surface area is 186 Å². The van der Waals surface area contributed by atoms with Crippen molar-refractivity contribution in [3.8, 4) is 10.4 Å². The zero-order chi connectivity index (χ0) is 21.0. The number of Topliss-reactive ketones (excluding diaryl/α,β-unsaturated/α-hetero) is 1. The van der Waals surface area contributed by atoms with Gasteiger partial charge in [-0.1, -0.05) is 41.4 Å². The van der Waals surface area contributed by atoms with Crippen LogP contribution in [0.5, 0.6) is 0 Å². The van der Waals surface area contributed by atoms with Gasteiger partial charge in [-0.2, -0.15) is 0 Å². The van der Waals surface area contributed by atoms with Crippen molar-refractivity contribution >= 4 is 63.7 Å². The summed E-state index contributed by atoms with van der Waals surface area (Å²) in [6, 6.07) is 13.5. The second kappa shape index (κ2) is 9.76. The van der Waals surface area contributed by atoms with E-state index in [1.807, 2.05) is 12.1 Å².